The highest BCUT2D eigenvalue weighted by atomic mass is 19.4. The molecule has 0 heterocycles. The second-order valence-corrected chi connectivity index (χ2v) is 4.98. The van der Waals surface area contributed by atoms with Crippen LogP contribution in [0.2, 0.25) is 0 Å². The Kier molecular flexibility index (Phi) is 5.29. The molecule has 0 amide bonds. The number of hydrogen-bond acceptors (Lipinski definition) is 2. The molecule has 0 saturated carbocycles. The number of aliphatic carboxylic acids is 1. The molecular weight excluding hydrogens is 366 g/mol. The zero-order valence-corrected chi connectivity index (χ0v) is 12.7. The first-order valence-electron chi connectivity index (χ1n) is 6.95. The van der Waals surface area contributed by atoms with Gasteiger partial charge in [-0.1, -0.05) is 30.3 Å². The van der Waals surface area contributed by atoms with E-state index in [2.05, 4.69) is 4.74 Å². The first-order chi connectivity index (χ1) is 12.0. The minimum Gasteiger partial charge on any atom is -0.478 e. The first-order valence-corrected chi connectivity index (χ1v) is 6.95. The maximum absolute atomic E-state index is 13.4. The van der Waals surface area contributed by atoms with Crippen LogP contribution in [0, 0.1) is 0 Å². The van der Waals surface area contributed by atoms with E-state index in [0.717, 1.165) is 30.3 Å². The van der Waals surface area contributed by atoms with Crippen molar-refractivity contribution in [2.75, 3.05) is 0 Å². The van der Waals surface area contributed by atoms with Gasteiger partial charge < -0.3 is 9.84 Å². The second kappa shape index (κ2) is 7.11. The summed E-state index contributed by atoms with van der Waals surface area (Å²) in [5, 5.41) is 8.69. The highest BCUT2D eigenvalue weighted by molar-refractivity contribution is 5.89. The molecule has 0 aliphatic rings. The number of carboxylic acids is 1. The number of para-hydroxylation sites is 1. The van der Waals surface area contributed by atoms with Crippen LogP contribution in [0.25, 0.3) is 17.2 Å². The van der Waals surface area contributed by atoms with Gasteiger partial charge in [0, 0.05) is 17.2 Å². The lowest BCUT2D eigenvalue weighted by atomic mass is 9.93. The summed E-state index contributed by atoms with van der Waals surface area (Å²) in [4.78, 5) is 10.7. The van der Waals surface area contributed by atoms with Gasteiger partial charge in [0.15, 0.2) is 0 Å². The Morgan fingerprint density at radius 1 is 0.962 bits per heavy atom. The molecule has 26 heavy (non-hydrogen) atoms. The number of alkyl halides is 6. The van der Waals surface area contributed by atoms with E-state index >= 15 is 0 Å². The molecule has 0 unspecified atom stereocenters. The number of halogens is 6. The van der Waals surface area contributed by atoms with E-state index in [1.165, 1.54) is 12.1 Å². The predicted octanol–water partition coefficient (Wildman–Crippen LogP) is 5.37. The Bertz CT molecular complexity index is 837. The molecule has 9 heteroatoms. The van der Waals surface area contributed by atoms with Gasteiger partial charge in [0.05, 0.1) is 5.56 Å². The van der Waals surface area contributed by atoms with Crippen molar-refractivity contribution >= 4 is 12.0 Å². The third-order valence-corrected chi connectivity index (χ3v) is 3.19. The predicted molar refractivity (Wildman–Crippen MR) is 80.2 cm³/mol. The van der Waals surface area contributed by atoms with Crippen LogP contribution in [0.4, 0.5) is 26.3 Å². The molecule has 0 atom stereocenters. The van der Waals surface area contributed by atoms with E-state index in [4.69, 9.17) is 5.11 Å². The average molecular weight is 376 g/mol. The van der Waals surface area contributed by atoms with Gasteiger partial charge in [0.25, 0.3) is 0 Å². The van der Waals surface area contributed by atoms with E-state index in [0.29, 0.717) is 12.1 Å². The number of ether oxygens (including phenoxy) is 1. The summed E-state index contributed by atoms with van der Waals surface area (Å²) in [5.74, 6) is -2.25. The molecule has 2 aromatic carbocycles. The minimum absolute atomic E-state index is 0.222. The molecule has 138 valence electrons. The fraction of sp³-hybridized carbons (Fsp3) is 0.118. The van der Waals surface area contributed by atoms with E-state index < -0.39 is 40.9 Å². The molecule has 3 nitrogen and oxygen atoms in total. The highest BCUT2D eigenvalue weighted by Gasteiger charge is 2.37. The van der Waals surface area contributed by atoms with Gasteiger partial charge >= 0.3 is 18.5 Å². The fourth-order valence-corrected chi connectivity index (χ4v) is 2.29. The van der Waals surface area contributed by atoms with Crippen LogP contribution >= 0.6 is 0 Å². The van der Waals surface area contributed by atoms with Gasteiger partial charge in [-0.15, -0.1) is 13.2 Å². The van der Waals surface area contributed by atoms with E-state index in [1.807, 2.05) is 0 Å². The van der Waals surface area contributed by atoms with Crippen LogP contribution < -0.4 is 4.74 Å². The first kappa shape index (κ1) is 19.4. The maximum Gasteiger partial charge on any atom is 0.573 e. The molecule has 0 fully saturated rings. The molecule has 0 radical (unpaired) electrons. The average Bonchev–Trinajstić information content (AvgIpc) is 2.50. The summed E-state index contributed by atoms with van der Waals surface area (Å²) >= 11 is 0. The molecule has 0 spiro atoms. The largest absolute Gasteiger partial charge is 0.573 e. The Hall–Kier alpha value is -2.97. The zero-order valence-electron chi connectivity index (χ0n) is 12.7. The van der Waals surface area contributed by atoms with Gasteiger partial charge in [-0.3, -0.25) is 0 Å². The quantitative estimate of drug-likeness (QED) is 0.577. The van der Waals surface area contributed by atoms with Crippen molar-refractivity contribution < 1.29 is 41.0 Å². The van der Waals surface area contributed by atoms with Crippen molar-refractivity contribution in [2.45, 2.75) is 12.5 Å². The van der Waals surface area contributed by atoms with Crippen LogP contribution in [0.15, 0.2) is 48.5 Å². The van der Waals surface area contributed by atoms with Crippen molar-refractivity contribution in [3.05, 3.63) is 59.7 Å². The normalized spacial score (nSPS) is 12.4. The van der Waals surface area contributed by atoms with Crippen LogP contribution in [0.1, 0.15) is 11.1 Å². The number of carbonyl (C=O) groups is 1. The summed E-state index contributed by atoms with van der Waals surface area (Å²) in [6.07, 6.45) is -8.53. The summed E-state index contributed by atoms with van der Waals surface area (Å²) in [6.45, 7) is 0. The Morgan fingerprint density at radius 2 is 1.62 bits per heavy atom. The Morgan fingerprint density at radius 3 is 2.19 bits per heavy atom. The molecule has 0 aliphatic heterocycles. The number of carboxylic acid groups (broad SMARTS) is 1. The van der Waals surface area contributed by atoms with Crippen molar-refractivity contribution in [3.63, 3.8) is 0 Å². The van der Waals surface area contributed by atoms with Crippen LogP contribution in [0.3, 0.4) is 0 Å². The van der Waals surface area contributed by atoms with Crippen molar-refractivity contribution in [1.82, 2.24) is 0 Å². The van der Waals surface area contributed by atoms with Crippen molar-refractivity contribution in [2.24, 2.45) is 0 Å². The Balaban J connectivity index is 2.77. The lowest BCUT2D eigenvalue weighted by Crippen LogP contribution is -2.18. The van der Waals surface area contributed by atoms with E-state index in [1.54, 1.807) is 0 Å². The van der Waals surface area contributed by atoms with Gasteiger partial charge in [-0.2, -0.15) is 13.2 Å². The Labute approximate surface area is 143 Å². The minimum atomic E-state index is -5.11. The molecule has 1 N–H and O–H groups in total. The fourth-order valence-electron chi connectivity index (χ4n) is 2.29. The number of benzene rings is 2. The van der Waals surface area contributed by atoms with Gasteiger partial charge in [0.1, 0.15) is 5.75 Å². The van der Waals surface area contributed by atoms with Crippen LogP contribution in [0.5, 0.6) is 5.75 Å². The monoisotopic (exact) mass is 376 g/mol. The third kappa shape index (κ3) is 4.78. The van der Waals surface area contributed by atoms with E-state index in [9.17, 15) is 31.1 Å². The highest BCUT2D eigenvalue weighted by Crippen LogP contribution is 2.43. The summed E-state index contributed by atoms with van der Waals surface area (Å²) in [7, 11) is 0. The molecule has 2 aromatic rings. The van der Waals surface area contributed by atoms with Crippen LogP contribution in [-0.4, -0.2) is 17.4 Å². The topological polar surface area (TPSA) is 46.5 Å². The van der Waals surface area contributed by atoms with E-state index in [-0.39, 0.29) is 5.56 Å². The smallest absolute Gasteiger partial charge is 0.478 e. The maximum atomic E-state index is 13.4. The van der Waals surface area contributed by atoms with Gasteiger partial charge in [-0.05, 0) is 23.8 Å². The van der Waals surface area contributed by atoms with Crippen molar-refractivity contribution in [3.8, 4) is 16.9 Å². The lowest BCUT2D eigenvalue weighted by molar-refractivity contribution is -0.274. The molecular formula is C17H10F6O3. The summed E-state index contributed by atoms with van der Waals surface area (Å²) < 4.78 is 81.7. The van der Waals surface area contributed by atoms with Gasteiger partial charge in [-0.25, -0.2) is 4.79 Å². The molecule has 0 saturated heterocycles. The third-order valence-electron chi connectivity index (χ3n) is 3.19. The molecule has 0 aliphatic carbocycles. The van der Waals surface area contributed by atoms with Crippen LogP contribution in [-0.2, 0) is 11.0 Å². The molecule has 0 aromatic heterocycles. The standard InChI is InChI=1S/C17H10F6O3/c18-16(19,20)12-6-3-4-10(8-9-14(24)25)15(12)11-5-1-2-7-13(11)26-17(21,22)23/h1-9H,(H,24,25)/b9-8+. The lowest BCUT2D eigenvalue weighted by Gasteiger charge is -2.19. The zero-order chi connectivity index (χ0) is 19.5. The summed E-state index contributed by atoms with van der Waals surface area (Å²) in [6, 6.07) is 7.21. The number of rotatable bonds is 4. The van der Waals surface area contributed by atoms with Crippen molar-refractivity contribution in [1.29, 1.82) is 0 Å². The van der Waals surface area contributed by atoms with Gasteiger partial charge in [0.2, 0.25) is 0 Å². The molecule has 2 rings (SSSR count). The second-order valence-electron chi connectivity index (χ2n) is 4.98. The molecule has 0 bridgehead atoms. The summed E-state index contributed by atoms with van der Waals surface area (Å²) in [5.41, 5.74) is -2.52. The number of hydrogen-bond donors (Lipinski definition) is 1. The SMILES string of the molecule is O=C(O)/C=C/c1cccc(C(F)(F)F)c1-c1ccccc1OC(F)(F)F.